The lowest BCUT2D eigenvalue weighted by atomic mass is 10.0. The molecule has 1 fully saturated rings. The van der Waals surface area contributed by atoms with Crippen LogP contribution in [0.5, 0.6) is 0 Å². The van der Waals surface area contributed by atoms with Crippen LogP contribution in [-0.4, -0.2) is 22.7 Å². The van der Waals surface area contributed by atoms with E-state index in [9.17, 15) is 4.79 Å². The van der Waals surface area contributed by atoms with Crippen molar-refractivity contribution in [1.29, 1.82) is 0 Å². The summed E-state index contributed by atoms with van der Waals surface area (Å²) in [5.74, 6) is 0.822. The Labute approximate surface area is 104 Å². The van der Waals surface area contributed by atoms with Gasteiger partial charge in [-0.15, -0.1) is 0 Å². The van der Waals surface area contributed by atoms with Crippen LogP contribution in [0.2, 0.25) is 0 Å². The van der Waals surface area contributed by atoms with Crippen molar-refractivity contribution in [3.63, 3.8) is 0 Å². The fourth-order valence-corrected chi connectivity index (χ4v) is 2.87. The third-order valence-corrected chi connectivity index (χ3v) is 3.67. The summed E-state index contributed by atoms with van der Waals surface area (Å²) >= 11 is 0. The molecule has 0 atom stereocenters. The Hall–Kier alpha value is -0.860. The number of hydrogen-bond donors (Lipinski definition) is 0. The number of rotatable bonds is 3. The van der Waals surface area contributed by atoms with Crippen LogP contribution in [0, 0.1) is 5.92 Å². The molecule has 0 aromatic heterocycles. The molecule has 0 unspecified atom stereocenters. The van der Waals surface area contributed by atoms with E-state index >= 15 is 0 Å². The highest BCUT2D eigenvalue weighted by Crippen LogP contribution is 2.26. The van der Waals surface area contributed by atoms with Crippen molar-refractivity contribution in [3.8, 4) is 0 Å². The lowest BCUT2D eigenvalue weighted by Gasteiger charge is -2.22. The van der Waals surface area contributed by atoms with Crippen LogP contribution in [0.15, 0.2) is 5.10 Å². The molecule has 96 valence electrons. The van der Waals surface area contributed by atoms with Crippen molar-refractivity contribution in [3.05, 3.63) is 0 Å². The lowest BCUT2D eigenvalue weighted by Crippen LogP contribution is -2.32. The second kappa shape index (κ2) is 5.65. The molecule has 2 aliphatic rings. The molecule has 0 aromatic carbocycles. The van der Waals surface area contributed by atoms with Gasteiger partial charge in [-0.3, -0.25) is 4.79 Å². The molecule has 0 saturated heterocycles. The summed E-state index contributed by atoms with van der Waals surface area (Å²) in [5.41, 5.74) is 1.09. The maximum atomic E-state index is 12.0. The summed E-state index contributed by atoms with van der Waals surface area (Å²) in [5, 5.41) is 6.38. The first kappa shape index (κ1) is 12.6. The van der Waals surface area contributed by atoms with E-state index in [1.54, 1.807) is 0 Å². The highest BCUT2D eigenvalue weighted by Gasteiger charge is 2.30. The zero-order valence-electron chi connectivity index (χ0n) is 11.1. The molecule has 1 heterocycles. The smallest absolute Gasteiger partial charge is 0.248 e. The highest BCUT2D eigenvalue weighted by molar-refractivity contribution is 6.05. The summed E-state index contributed by atoms with van der Waals surface area (Å²) in [6.07, 6.45) is 8.97. The molecule has 0 N–H and O–H groups in total. The van der Waals surface area contributed by atoms with E-state index in [4.69, 9.17) is 0 Å². The average molecular weight is 236 g/mol. The summed E-state index contributed by atoms with van der Waals surface area (Å²) in [6, 6.07) is 0.384. The van der Waals surface area contributed by atoms with Crippen molar-refractivity contribution in [1.82, 2.24) is 5.01 Å². The van der Waals surface area contributed by atoms with Crippen LogP contribution in [0.1, 0.15) is 65.2 Å². The number of nitrogens with zero attached hydrogens (tertiary/aromatic N) is 2. The third kappa shape index (κ3) is 3.30. The van der Waals surface area contributed by atoms with Gasteiger partial charge in [-0.25, -0.2) is 5.01 Å². The molecule has 3 nitrogen and oxygen atoms in total. The fourth-order valence-electron chi connectivity index (χ4n) is 2.87. The minimum atomic E-state index is 0.229. The lowest BCUT2D eigenvalue weighted by molar-refractivity contribution is -0.131. The minimum Gasteiger partial charge on any atom is -0.273 e. The van der Waals surface area contributed by atoms with Crippen LogP contribution >= 0.6 is 0 Å². The van der Waals surface area contributed by atoms with Gasteiger partial charge in [-0.05, 0) is 25.2 Å². The van der Waals surface area contributed by atoms with Crippen molar-refractivity contribution < 1.29 is 4.79 Å². The van der Waals surface area contributed by atoms with Gasteiger partial charge in [0.05, 0.1) is 12.5 Å². The number of amides is 1. The van der Waals surface area contributed by atoms with E-state index in [-0.39, 0.29) is 5.91 Å². The Kier molecular flexibility index (Phi) is 4.19. The van der Waals surface area contributed by atoms with Crippen LogP contribution < -0.4 is 0 Å². The van der Waals surface area contributed by atoms with Crippen LogP contribution in [0.3, 0.4) is 0 Å². The Bertz CT molecular complexity index is 301. The molecule has 0 radical (unpaired) electrons. The molecule has 1 aliphatic heterocycles. The van der Waals surface area contributed by atoms with Crippen molar-refractivity contribution >= 4 is 11.6 Å². The normalized spacial score (nSPS) is 23.1. The number of carbonyl (C=O) groups excluding carboxylic acids is 1. The van der Waals surface area contributed by atoms with Gasteiger partial charge in [-0.1, -0.05) is 39.5 Å². The third-order valence-electron chi connectivity index (χ3n) is 3.67. The van der Waals surface area contributed by atoms with Gasteiger partial charge in [0.15, 0.2) is 0 Å². The van der Waals surface area contributed by atoms with Crippen molar-refractivity contribution in [2.45, 2.75) is 71.3 Å². The van der Waals surface area contributed by atoms with Gasteiger partial charge in [0, 0.05) is 5.71 Å². The first-order valence-electron chi connectivity index (χ1n) is 7.05. The molecule has 1 saturated carbocycles. The fraction of sp³-hybridized carbons (Fsp3) is 0.857. The molecular weight excluding hydrogens is 212 g/mol. The highest BCUT2D eigenvalue weighted by atomic mass is 16.2. The molecule has 3 heteroatoms. The van der Waals surface area contributed by atoms with E-state index in [1.165, 1.54) is 25.7 Å². The van der Waals surface area contributed by atoms with E-state index < -0.39 is 0 Å². The second-order valence-corrected chi connectivity index (χ2v) is 5.82. The van der Waals surface area contributed by atoms with Gasteiger partial charge < -0.3 is 0 Å². The predicted octanol–water partition coefficient (Wildman–Crippen LogP) is 3.34. The Morgan fingerprint density at radius 1 is 1.24 bits per heavy atom. The zero-order valence-corrected chi connectivity index (χ0v) is 11.1. The number of carbonyl (C=O) groups is 1. The first-order chi connectivity index (χ1) is 8.16. The number of hydrogen-bond acceptors (Lipinski definition) is 2. The van der Waals surface area contributed by atoms with E-state index in [2.05, 4.69) is 18.9 Å². The molecule has 2 rings (SSSR count). The SMILES string of the molecule is CC(C)CC1=NN(C2CCCCCC2)C(=O)C1. The largest absolute Gasteiger partial charge is 0.273 e. The molecule has 0 aromatic rings. The number of hydrazone groups is 1. The second-order valence-electron chi connectivity index (χ2n) is 5.82. The standard InChI is InChI=1S/C14H24N2O/c1-11(2)9-12-10-14(17)16(15-12)13-7-5-3-4-6-8-13/h11,13H,3-10H2,1-2H3. The summed E-state index contributed by atoms with van der Waals surface area (Å²) < 4.78 is 0. The van der Waals surface area contributed by atoms with Crippen LogP contribution in [-0.2, 0) is 4.79 Å². The minimum absolute atomic E-state index is 0.229. The van der Waals surface area contributed by atoms with Gasteiger partial charge >= 0.3 is 0 Å². The van der Waals surface area contributed by atoms with Gasteiger partial charge in [0.1, 0.15) is 0 Å². The summed E-state index contributed by atoms with van der Waals surface area (Å²) in [6.45, 7) is 4.36. The molecule has 0 bridgehead atoms. The van der Waals surface area contributed by atoms with Crippen LogP contribution in [0.25, 0.3) is 0 Å². The zero-order chi connectivity index (χ0) is 12.3. The molecule has 1 amide bonds. The first-order valence-corrected chi connectivity index (χ1v) is 7.05. The van der Waals surface area contributed by atoms with Crippen molar-refractivity contribution in [2.24, 2.45) is 11.0 Å². The van der Waals surface area contributed by atoms with E-state index in [0.29, 0.717) is 18.4 Å². The molecule has 17 heavy (non-hydrogen) atoms. The van der Waals surface area contributed by atoms with Gasteiger partial charge in [0.2, 0.25) is 5.91 Å². The summed E-state index contributed by atoms with van der Waals surface area (Å²) in [7, 11) is 0. The Balaban J connectivity index is 1.99. The predicted molar refractivity (Wildman–Crippen MR) is 69.8 cm³/mol. The Morgan fingerprint density at radius 3 is 2.47 bits per heavy atom. The maximum absolute atomic E-state index is 12.0. The van der Waals surface area contributed by atoms with Crippen molar-refractivity contribution in [2.75, 3.05) is 0 Å². The molecule has 0 spiro atoms. The molecular formula is C14H24N2O. The summed E-state index contributed by atoms with van der Waals surface area (Å²) in [4.78, 5) is 12.0. The van der Waals surface area contributed by atoms with E-state index in [1.807, 2.05) is 5.01 Å². The van der Waals surface area contributed by atoms with Gasteiger partial charge in [0.25, 0.3) is 0 Å². The van der Waals surface area contributed by atoms with E-state index in [0.717, 1.165) is 25.0 Å². The maximum Gasteiger partial charge on any atom is 0.248 e. The average Bonchev–Trinajstić information content (AvgIpc) is 2.52. The van der Waals surface area contributed by atoms with Crippen LogP contribution in [0.4, 0.5) is 0 Å². The molecule has 1 aliphatic carbocycles. The Morgan fingerprint density at radius 2 is 1.88 bits per heavy atom. The topological polar surface area (TPSA) is 32.7 Å². The van der Waals surface area contributed by atoms with Gasteiger partial charge in [-0.2, -0.15) is 5.10 Å². The monoisotopic (exact) mass is 236 g/mol. The quantitative estimate of drug-likeness (QED) is 0.692.